The second-order valence-corrected chi connectivity index (χ2v) is 12.7. The SMILES string of the molecule is CC(Oc1ccc(-c2cccc(OC3CCCCC3)c2)c(C(=O)NS(C)(=O)=O)c1)[C@](O)(COC(N)=O)c1ccc([N+](=O)[O-])cc1. The van der Waals surface area contributed by atoms with E-state index >= 15 is 0 Å². The molecule has 4 N–H and O–H groups in total. The molecule has 0 radical (unpaired) electrons. The Morgan fingerprint density at radius 3 is 2.38 bits per heavy atom. The molecule has 45 heavy (non-hydrogen) atoms. The normalized spacial score (nSPS) is 15.7. The molecule has 1 saturated carbocycles. The summed E-state index contributed by atoms with van der Waals surface area (Å²) in [7, 11) is -3.93. The predicted octanol–water partition coefficient (Wildman–Crippen LogP) is 4.41. The third kappa shape index (κ3) is 8.70. The second-order valence-electron chi connectivity index (χ2n) is 10.9. The monoisotopic (exact) mass is 641 g/mol. The van der Waals surface area contributed by atoms with Crippen molar-refractivity contribution in [1.29, 1.82) is 0 Å². The molecule has 0 spiro atoms. The fourth-order valence-corrected chi connectivity index (χ4v) is 5.61. The van der Waals surface area contributed by atoms with Gasteiger partial charge in [-0.3, -0.25) is 14.9 Å². The van der Waals surface area contributed by atoms with Crippen LogP contribution >= 0.6 is 0 Å². The second kappa shape index (κ2) is 13.9. The minimum atomic E-state index is -3.93. The number of nitro benzene ring substituents is 1. The van der Waals surface area contributed by atoms with E-state index in [1.54, 1.807) is 24.3 Å². The molecule has 2 atom stereocenters. The molecule has 2 amide bonds. The van der Waals surface area contributed by atoms with Crippen molar-refractivity contribution in [3.8, 4) is 22.6 Å². The fraction of sp³-hybridized carbons (Fsp3) is 0.355. The van der Waals surface area contributed by atoms with Crippen molar-refractivity contribution in [3.05, 3.63) is 88.0 Å². The number of benzene rings is 3. The molecule has 0 aliphatic heterocycles. The molecule has 1 fully saturated rings. The maximum atomic E-state index is 13.2. The first-order valence-electron chi connectivity index (χ1n) is 14.2. The van der Waals surface area contributed by atoms with Crippen LogP contribution in [-0.4, -0.2) is 55.5 Å². The number of nitrogens with two attached hydrogens (primary N) is 1. The number of hydrogen-bond acceptors (Lipinski definition) is 10. The number of primary amides is 1. The van der Waals surface area contributed by atoms with Crippen molar-refractivity contribution in [3.63, 3.8) is 0 Å². The van der Waals surface area contributed by atoms with Crippen molar-refractivity contribution in [1.82, 2.24) is 4.72 Å². The summed E-state index contributed by atoms with van der Waals surface area (Å²) < 4.78 is 43.0. The largest absolute Gasteiger partial charge is 0.490 e. The Labute approximate surface area is 260 Å². The molecule has 0 aromatic heterocycles. The lowest BCUT2D eigenvalue weighted by Crippen LogP contribution is -2.46. The number of ether oxygens (including phenoxy) is 3. The summed E-state index contributed by atoms with van der Waals surface area (Å²) in [6.45, 7) is 0.802. The lowest BCUT2D eigenvalue weighted by atomic mass is 9.89. The minimum absolute atomic E-state index is 0.0350. The molecule has 1 unspecified atom stereocenters. The summed E-state index contributed by atoms with van der Waals surface area (Å²) >= 11 is 0. The minimum Gasteiger partial charge on any atom is -0.490 e. The number of hydrogen-bond donors (Lipinski definition) is 3. The highest BCUT2D eigenvalue weighted by atomic mass is 32.2. The van der Waals surface area contributed by atoms with Crippen molar-refractivity contribution < 1.29 is 42.2 Å². The number of non-ortho nitro benzene ring substituents is 1. The molecule has 14 heteroatoms. The number of nitrogens with zero attached hydrogens (tertiary/aromatic N) is 1. The van der Waals surface area contributed by atoms with Gasteiger partial charge in [-0.25, -0.2) is 17.9 Å². The van der Waals surface area contributed by atoms with Crippen LogP contribution < -0.4 is 19.9 Å². The van der Waals surface area contributed by atoms with Gasteiger partial charge in [-0.2, -0.15) is 0 Å². The van der Waals surface area contributed by atoms with E-state index in [0.29, 0.717) is 16.9 Å². The summed E-state index contributed by atoms with van der Waals surface area (Å²) in [4.78, 5) is 35.1. The highest BCUT2D eigenvalue weighted by Gasteiger charge is 2.40. The highest BCUT2D eigenvalue weighted by molar-refractivity contribution is 7.89. The number of amides is 2. The zero-order valence-corrected chi connectivity index (χ0v) is 25.6. The molecule has 4 rings (SSSR count). The lowest BCUT2D eigenvalue weighted by molar-refractivity contribution is -0.384. The van der Waals surface area contributed by atoms with Crippen LogP contribution in [0.25, 0.3) is 11.1 Å². The van der Waals surface area contributed by atoms with Crippen LogP contribution in [0, 0.1) is 10.1 Å². The zero-order chi connectivity index (χ0) is 32.8. The molecular formula is C31H35N3O10S. The average Bonchev–Trinajstić information content (AvgIpc) is 2.99. The van der Waals surface area contributed by atoms with E-state index in [-0.39, 0.29) is 28.7 Å². The van der Waals surface area contributed by atoms with Crippen molar-refractivity contribution >= 4 is 27.7 Å². The number of carbonyl (C=O) groups excluding carboxylic acids is 2. The molecule has 0 saturated heterocycles. The zero-order valence-electron chi connectivity index (χ0n) is 24.8. The Balaban J connectivity index is 1.68. The van der Waals surface area contributed by atoms with Gasteiger partial charge in [0.15, 0.2) is 5.60 Å². The Morgan fingerprint density at radius 2 is 1.76 bits per heavy atom. The first-order valence-corrected chi connectivity index (χ1v) is 16.1. The van der Waals surface area contributed by atoms with Crippen LogP contribution in [0.2, 0.25) is 0 Å². The standard InChI is InChI=1S/C31H35N3O10S/c1-20(31(37,19-42-30(32)36)22-11-13-23(14-12-22)34(38)39)43-26-15-16-27(28(18-26)29(35)33-45(2,40)41)21-7-6-10-25(17-21)44-24-8-4-3-5-9-24/h6-7,10-18,20,24,37H,3-5,8-9,19H2,1-2H3,(H2,32,36)(H,33,35)/t20?,31-/m1/s1. The molecule has 240 valence electrons. The molecule has 3 aromatic rings. The van der Waals surface area contributed by atoms with E-state index in [2.05, 4.69) is 0 Å². The van der Waals surface area contributed by atoms with Crippen LogP contribution in [0.4, 0.5) is 10.5 Å². The first kappa shape index (κ1) is 33.2. The van der Waals surface area contributed by atoms with Gasteiger partial charge in [-0.05, 0) is 91.8 Å². The van der Waals surface area contributed by atoms with Gasteiger partial charge in [0.1, 0.15) is 24.2 Å². The summed E-state index contributed by atoms with van der Waals surface area (Å²) in [5.41, 5.74) is 3.95. The molecule has 0 bridgehead atoms. The van der Waals surface area contributed by atoms with Crippen LogP contribution in [0.15, 0.2) is 66.7 Å². The Bertz CT molecular complexity index is 1660. The molecule has 1 aliphatic rings. The molecular weight excluding hydrogens is 606 g/mol. The van der Waals surface area contributed by atoms with Crippen LogP contribution in [0.1, 0.15) is 54.9 Å². The number of carbonyl (C=O) groups is 2. The number of nitrogens with one attached hydrogen (secondary N) is 1. The average molecular weight is 642 g/mol. The summed E-state index contributed by atoms with van der Waals surface area (Å²) in [6, 6.07) is 16.5. The van der Waals surface area contributed by atoms with Crippen molar-refractivity contribution in [2.75, 3.05) is 12.9 Å². The van der Waals surface area contributed by atoms with Gasteiger partial charge in [0.25, 0.3) is 11.6 Å². The Morgan fingerprint density at radius 1 is 1.07 bits per heavy atom. The van der Waals surface area contributed by atoms with E-state index in [9.17, 15) is 33.2 Å². The lowest BCUT2D eigenvalue weighted by Gasteiger charge is -2.34. The topological polar surface area (TPSA) is 197 Å². The van der Waals surface area contributed by atoms with E-state index in [0.717, 1.165) is 31.9 Å². The van der Waals surface area contributed by atoms with Crippen molar-refractivity contribution in [2.24, 2.45) is 5.73 Å². The molecule has 0 heterocycles. The number of rotatable bonds is 12. The van der Waals surface area contributed by atoms with E-state index in [1.165, 1.54) is 49.7 Å². The Kier molecular flexibility index (Phi) is 10.3. The fourth-order valence-electron chi connectivity index (χ4n) is 5.16. The summed E-state index contributed by atoms with van der Waals surface area (Å²) in [6.07, 6.45) is 3.86. The van der Waals surface area contributed by atoms with Gasteiger partial charge >= 0.3 is 6.09 Å². The maximum Gasteiger partial charge on any atom is 0.404 e. The Hall–Kier alpha value is -4.69. The van der Waals surface area contributed by atoms with Gasteiger partial charge in [-0.15, -0.1) is 0 Å². The van der Waals surface area contributed by atoms with Crippen molar-refractivity contribution in [2.45, 2.75) is 56.8 Å². The maximum absolute atomic E-state index is 13.2. The van der Waals surface area contributed by atoms with E-state index < -0.39 is 45.3 Å². The number of sulfonamides is 1. The van der Waals surface area contributed by atoms with Gasteiger partial charge < -0.3 is 25.1 Å². The van der Waals surface area contributed by atoms with Gasteiger partial charge in [0, 0.05) is 12.1 Å². The van der Waals surface area contributed by atoms with E-state index in [4.69, 9.17) is 19.9 Å². The smallest absolute Gasteiger partial charge is 0.404 e. The first-order chi connectivity index (χ1) is 21.2. The quantitative estimate of drug-likeness (QED) is 0.188. The molecule has 13 nitrogen and oxygen atoms in total. The number of aliphatic hydroxyl groups is 1. The molecule has 3 aromatic carbocycles. The summed E-state index contributed by atoms with van der Waals surface area (Å²) in [5, 5.41) is 22.7. The van der Waals surface area contributed by atoms with Gasteiger partial charge in [0.05, 0.1) is 22.8 Å². The third-order valence-corrected chi connectivity index (χ3v) is 8.07. The van der Waals surface area contributed by atoms with Crippen LogP contribution in [-0.2, 0) is 20.4 Å². The van der Waals surface area contributed by atoms with Crippen LogP contribution in [0.5, 0.6) is 11.5 Å². The predicted molar refractivity (Wildman–Crippen MR) is 164 cm³/mol. The van der Waals surface area contributed by atoms with Gasteiger partial charge in [0.2, 0.25) is 10.0 Å². The number of nitro groups is 1. The third-order valence-electron chi connectivity index (χ3n) is 7.51. The molecule has 1 aliphatic carbocycles. The van der Waals surface area contributed by atoms with E-state index in [1.807, 2.05) is 10.8 Å². The van der Waals surface area contributed by atoms with Gasteiger partial charge in [-0.1, -0.05) is 18.6 Å². The van der Waals surface area contributed by atoms with Crippen LogP contribution in [0.3, 0.4) is 0 Å². The highest BCUT2D eigenvalue weighted by Crippen LogP contribution is 2.34. The summed E-state index contributed by atoms with van der Waals surface area (Å²) in [5.74, 6) is -0.226.